The van der Waals surface area contributed by atoms with Crippen LogP contribution in [-0.2, 0) is 6.61 Å². The van der Waals surface area contributed by atoms with E-state index in [4.69, 9.17) is 9.47 Å². The fourth-order valence-electron chi connectivity index (χ4n) is 2.38. The Bertz CT molecular complexity index is 1080. The van der Waals surface area contributed by atoms with Crippen molar-refractivity contribution in [2.24, 2.45) is 5.10 Å². The summed E-state index contributed by atoms with van der Waals surface area (Å²) in [6.07, 6.45) is 2.58. The molecule has 0 aliphatic rings. The van der Waals surface area contributed by atoms with Gasteiger partial charge in [-0.1, -0.05) is 30.3 Å². The van der Waals surface area contributed by atoms with Gasteiger partial charge in [0.15, 0.2) is 11.6 Å². The minimum absolute atomic E-state index is 0.0203. The summed E-state index contributed by atoms with van der Waals surface area (Å²) in [5, 5.41) is 21.1. The van der Waals surface area contributed by atoms with Gasteiger partial charge in [0.05, 0.1) is 24.4 Å². The monoisotopic (exact) mass is 396 g/mol. The van der Waals surface area contributed by atoms with Crippen LogP contribution in [0.2, 0.25) is 0 Å². The number of nitrogens with zero attached hydrogens (tertiary/aromatic N) is 4. The van der Waals surface area contributed by atoms with Crippen molar-refractivity contribution in [2.75, 3.05) is 12.5 Å². The van der Waals surface area contributed by atoms with Crippen LogP contribution in [0, 0.1) is 10.1 Å². The molecule has 11 nitrogen and oxygen atoms in total. The molecule has 2 aromatic carbocycles. The molecule has 3 rings (SSSR count). The first-order valence-corrected chi connectivity index (χ1v) is 8.31. The molecule has 3 aromatic rings. The van der Waals surface area contributed by atoms with E-state index in [-0.39, 0.29) is 29.6 Å². The van der Waals surface area contributed by atoms with Crippen LogP contribution in [0.3, 0.4) is 0 Å². The molecule has 0 atom stereocenters. The Morgan fingerprint density at radius 3 is 2.79 bits per heavy atom. The van der Waals surface area contributed by atoms with Crippen molar-refractivity contribution in [3.05, 3.63) is 80.4 Å². The van der Waals surface area contributed by atoms with Crippen molar-refractivity contribution in [1.29, 1.82) is 0 Å². The average Bonchev–Trinajstić information content (AvgIpc) is 2.73. The van der Waals surface area contributed by atoms with Crippen LogP contribution in [-0.4, -0.2) is 33.4 Å². The minimum Gasteiger partial charge on any atom is -0.493 e. The largest absolute Gasteiger partial charge is 0.493 e. The van der Waals surface area contributed by atoms with Gasteiger partial charge >= 0.3 is 11.4 Å². The van der Waals surface area contributed by atoms with Gasteiger partial charge in [-0.25, -0.2) is 9.89 Å². The molecule has 1 aromatic heterocycles. The first-order chi connectivity index (χ1) is 14.1. The van der Waals surface area contributed by atoms with Gasteiger partial charge in [0.1, 0.15) is 6.61 Å². The predicted octanol–water partition coefficient (Wildman–Crippen LogP) is 2.11. The number of benzene rings is 2. The molecule has 0 unspecified atom stereocenters. The Morgan fingerprint density at radius 2 is 2.10 bits per heavy atom. The summed E-state index contributed by atoms with van der Waals surface area (Å²) in [5.41, 5.74) is 2.85. The van der Waals surface area contributed by atoms with Gasteiger partial charge in [-0.3, -0.25) is 15.5 Å². The zero-order valence-electron chi connectivity index (χ0n) is 15.2. The van der Waals surface area contributed by atoms with Crippen LogP contribution in [0.4, 0.5) is 11.5 Å². The maximum Gasteiger partial charge on any atom is 0.363 e. The van der Waals surface area contributed by atoms with Crippen LogP contribution < -0.4 is 20.6 Å². The highest BCUT2D eigenvalue weighted by Crippen LogP contribution is 2.38. The van der Waals surface area contributed by atoms with Gasteiger partial charge in [-0.2, -0.15) is 15.2 Å². The second kappa shape index (κ2) is 9.08. The molecule has 11 heteroatoms. The van der Waals surface area contributed by atoms with E-state index < -0.39 is 10.6 Å². The molecule has 0 amide bonds. The van der Waals surface area contributed by atoms with E-state index in [1.165, 1.54) is 25.6 Å². The number of H-pyrrole nitrogens is 1. The van der Waals surface area contributed by atoms with E-state index in [9.17, 15) is 14.9 Å². The molecule has 0 saturated carbocycles. The summed E-state index contributed by atoms with van der Waals surface area (Å²) in [6.45, 7) is 0.147. The third-order valence-electron chi connectivity index (χ3n) is 3.66. The average molecular weight is 396 g/mol. The van der Waals surface area contributed by atoms with Crippen molar-refractivity contribution in [2.45, 2.75) is 6.61 Å². The zero-order valence-corrected chi connectivity index (χ0v) is 15.2. The number of aromatic nitrogens is 3. The van der Waals surface area contributed by atoms with Gasteiger partial charge in [0.2, 0.25) is 5.75 Å². The third kappa shape index (κ3) is 5.13. The molecule has 0 radical (unpaired) electrons. The third-order valence-corrected chi connectivity index (χ3v) is 3.66. The lowest BCUT2D eigenvalue weighted by molar-refractivity contribution is -0.386. The normalized spacial score (nSPS) is 10.7. The maximum absolute atomic E-state index is 11.5. The second-order valence-electron chi connectivity index (χ2n) is 5.64. The van der Waals surface area contributed by atoms with Crippen molar-refractivity contribution in [1.82, 2.24) is 15.2 Å². The van der Waals surface area contributed by atoms with Crippen molar-refractivity contribution in [3.8, 4) is 11.5 Å². The number of aromatic amines is 1. The molecule has 1 heterocycles. The summed E-state index contributed by atoms with van der Waals surface area (Å²) in [5.74, 6) is 0.328. The van der Waals surface area contributed by atoms with Gasteiger partial charge in [-0.15, -0.1) is 0 Å². The quantitative estimate of drug-likeness (QED) is 0.334. The first-order valence-electron chi connectivity index (χ1n) is 8.31. The Labute approximate surface area is 164 Å². The zero-order chi connectivity index (χ0) is 20.6. The molecule has 0 fully saturated rings. The number of anilines is 1. The number of hydrazone groups is 1. The number of nitro benzene ring substituents is 1. The topological polar surface area (TPSA) is 145 Å². The smallest absolute Gasteiger partial charge is 0.363 e. The summed E-state index contributed by atoms with van der Waals surface area (Å²) in [4.78, 5) is 25.7. The molecule has 0 saturated heterocycles. The lowest BCUT2D eigenvalue weighted by Crippen LogP contribution is -2.13. The molecular weight excluding hydrogens is 380 g/mol. The predicted molar refractivity (Wildman–Crippen MR) is 104 cm³/mol. The molecule has 0 aliphatic carbocycles. The highest BCUT2D eigenvalue weighted by atomic mass is 16.6. The van der Waals surface area contributed by atoms with Gasteiger partial charge in [0.25, 0.3) is 0 Å². The number of hydrogen-bond acceptors (Lipinski definition) is 9. The molecule has 148 valence electrons. The van der Waals surface area contributed by atoms with E-state index in [1.54, 1.807) is 6.07 Å². The van der Waals surface area contributed by atoms with Crippen LogP contribution in [0.5, 0.6) is 11.5 Å². The van der Waals surface area contributed by atoms with E-state index in [0.29, 0.717) is 5.56 Å². The lowest BCUT2D eigenvalue weighted by atomic mass is 10.1. The standard InChI is InChI=1S/C18H16N6O5/c1-28-15-8-13(9-19-22-16-10-20-23-18(25)21-16)7-14(24(26)27)17(15)29-11-12-5-3-2-4-6-12/h2-10H,11H2,1H3,(H2,21,22,23,25)/b19-9+. The second-order valence-corrected chi connectivity index (χ2v) is 5.64. The van der Waals surface area contributed by atoms with E-state index in [2.05, 4.69) is 25.7 Å². The maximum atomic E-state index is 11.5. The SMILES string of the molecule is COc1cc(/C=N/Nc2cn[nH]c(=O)n2)cc([N+](=O)[O-])c1OCc1ccccc1. The Balaban J connectivity index is 1.84. The Hall–Kier alpha value is -4.28. The summed E-state index contributed by atoms with van der Waals surface area (Å²) in [6, 6.07) is 12.1. The van der Waals surface area contributed by atoms with Crippen LogP contribution in [0.1, 0.15) is 11.1 Å². The number of hydrogen-bond donors (Lipinski definition) is 2. The fraction of sp³-hybridized carbons (Fsp3) is 0.111. The number of ether oxygens (including phenoxy) is 2. The molecule has 29 heavy (non-hydrogen) atoms. The number of rotatable bonds is 8. The van der Waals surface area contributed by atoms with Gasteiger partial charge in [-0.05, 0) is 11.6 Å². The van der Waals surface area contributed by atoms with Crippen LogP contribution >= 0.6 is 0 Å². The van der Waals surface area contributed by atoms with Crippen molar-refractivity contribution < 1.29 is 14.4 Å². The summed E-state index contributed by atoms with van der Waals surface area (Å²) < 4.78 is 10.9. The number of nitro groups is 1. The summed E-state index contributed by atoms with van der Waals surface area (Å²) >= 11 is 0. The molecule has 0 aliphatic heterocycles. The Kier molecular flexibility index (Phi) is 6.10. The van der Waals surface area contributed by atoms with E-state index in [0.717, 1.165) is 5.56 Å². The number of nitrogens with one attached hydrogen (secondary N) is 2. The molecule has 2 N–H and O–H groups in total. The minimum atomic E-state index is -0.637. The lowest BCUT2D eigenvalue weighted by Gasteiger charge is -2.12. The van der Waals surface area contributed by atoms with Gasteiger partial charge in [0, 0.05) is 11.6 Å². The summed E-state index contributed by atoms with van der Waals surface area (Å²) in [7, 11) is 1.39. The van der Waals surface area contributed by atoms with Crippen LogP contribution in [0.15, 0.2) is 58.6 Å². The number of methoxy groups -OCH3 is 1. The Morgan fingerprint density at radius 1 is 1.31 bits per heavy atom. The molecular formula is C18H16N6O5. The molecule has 0 bridgehead atoms. The van der Waals surface area contributed by atoms with Crippen molar-refractivity contribution >= 4 is 17.7 Å². The molecule has 0 spiro atoms. The highest BCUT2D eigenvalue weighted by Gasteiger charge is 2.22. The van der Waals surface area contributed by atoms with Gasteiger partial charge < -0.3 is 9.47 Å². The van der Waals surface area contributed by atoms with E-state index >= 15 is 0 Å². The first kappa shape index (κ1) is 19.5. The fourth-order valence-corrected chi connectivity index (χ4v) is 2.38. The van der Waals surface area contributed by atoms with Crippen molar-refractivity contribution in [3.63, 3.8) is 0 Å². The van der Waals surface area contributed by atoms with Crippen LogP contribution in [0.25, 0.3) is 0 Å². The highest BCUT2D eigenvalue weighted by molar-refractivity contribution is 5.83. The van der Waals surface area contributed by atoms with E-state index in [1.807, 2.05) is 30.3 Å².